The molecule has 0 spiro atoms. The van der Waals surface area contributed by atoms with E-state index in [9.17, 15) is 9.59 Å². The summed E-state index contributed by atoms with van der Waals surface area (Å²) in [6.07, 6.45) is 4.51. The van der Waals surface area contributed by atoms with Crippen LogP contribution < -0.4 is 5.32 Å². The van der Waals surface area contributed by atoms with Crippen LogP contribution in [-0.2, 0) is 10.3 Å². The Kier molecular flexibility index (Phi) is 6.06. The molecule has 0 bridgehead atoms. The third-order valence-electron chi connectivity index (χ3n) is 5.60. The van der Waals surface area contributed by atoms with Crippen molar-refractivity contribution in [1.82, 2.24) is 25.5 Å². The molecule has 1 amide bonds. The van der Waals surface area contributed by atoms with Crippen LogP contribution in [0.4, 0.5) is 0 Å². The van der Waals surface area contributed by atoms with Crippen molar-refractivity contribution in [3.05, 3.63) is 71.5 Å². The van der Waals surface area contributed by atoms with E-state index >= 15 is 0 Å². The number of hydrogen-bond acceptors (Lipinski definition) is 6. The molecule has 0 radical (unpaired) electrons. The van der Waals surface area contributed by atoms with Gasteiger partial charge in [-0.05, 0) is 60.5 Å². The van der Waals surface area contributed by atoms with Gasteiger partial charge in [-0.3, -0.25) is 4.79 Å². The van der Waals surface area contributed by atoms with E-state index in [0.717, 1.165) is 32.1 Å². The molecule has 0 atom stereocenters. The number of carbonyl (C=O) groups excluding carboxylic acids is 2. The van der Waals surface area contributed by atoms with Gasteiger partial charge in [0, 0.05) is 5.56 Å². The molecule has 8 nitrogen and oxygen atoms in total. The Morgan fingerprint density at radius 3 is 2.52 bits per heavy atom. The van der Waals surface area contributed by atoms with E-state index in [1.54, 1.807) is 41.9 Å². The number of ether oxygens (including phenoxy) is 1. The van der Waals surface area contributed by atoms with Gasteiger partial charge in [-0.25, -0.2) is 4.79 Å². The van der Waals surface area contributed by atoms with E-state index in [4.69, 9.17) is 4.74 Å². The summed E-state index contributed by atoms with van der Waals surface area (Å²) in [5.41, 5.74) is 0.973. The molecule has 1 fully saturated rings. The first-order valence-electron chi connectivity index (χ1n) is 10.6. The molecule has 1 aliphatic rings. The molecular formula is C23H25N5O3. The van der Waals surface area contributed by atoms with Crippen LogP contribution in [0.25, 0.3) is 5.69 Å². The Morgan fingerprint density at radius 2 is 1.77 bits per heavy atom. The molecule has 0 unspecified atom stereocenters. The smallest absolute Gasteiger partial charge is 0.338 e. The standard InChI is InChI=1S/C23H25N5O3/c1-2-31-21(30)18-12-9-13-19(16-18)28-22(25-26-27-28)23(14-7-4-8-15-23)24-20(29)17-10-5-3-6-11-17/h3,5-6,9-13,16H,2,4,7-8,14-15H2,1H3,(H,24,29). The summed E-state index contributed by atoms with van der Waals surface area (Å²) in [6.45, 7) is 2.07. The van der Waals surface area contributed by atoms with Gasteiger partial charge in [0.2, 0.25) is 0 Å². The fourth-order valence-corrected chi connectivity index (χ4v) is 4.08. The number of nitrogens with zero attached hydrogens (tertiary/aromatic N) is 4. The first-order chi connectivity index (χ1) is 15.1. The van der Waals surface area contributed by atoms with E-state index in [0.29, 0.717) is 29.2 Å². The topological polar surface area (TPSA) is 99.0 Å². The molecule has 1 aliphatic carbocycles. The minimum Gasteiger partial charge on any atom is -0.462 e. The lowest BCUT2D eigenvalue weighted by atomic mass is 9.80. The number of rotatable bonds is 6. The predicted octanol–water partition coefficient (Wildman–Crippen LogP) is 3.43. The monoisotopic (exact) mass is 419 g/mol. The van der Waals surface area contributed by atoms with Crippen LogP contribution in [0.1, 0.15) is 65.6 Å². The van der Waals surface area contributed by atoms with E-state index in [1.807, 2.05) is 24.3 Å². The summed E-state index contributed by atoms with van der Waals surface area (Å²) in [6, 6.07) is 16.1. The number of aromatic nitrogens is 4. The van der Waals surface area contributed by atoms with Crippen molar-refractivity contribution in [2.75, 3.05) is 6.61 Å². The van der Waals surface area contributed by atoms with Gasteiger partial charge in [0.05, 0.1) is 17.9 Å². The lowest BCUT2D eigenvalue weighted by Gasteiger charge is -2.36. The second-order valence-corrected chi connectivity index (χ2v) is 7.65. The number of benzene rings is 2. The Bertz CT molecular complexity index is 1060. The number of amides is 1. The normalized spacial score (nSPS) is 15.3. The van der Waals surface area contributed by atoms with Crippen LogP contribution in [0.15, 0.2) is 54.6 Å². The molecule has 1 saturated carbocycles. The summed E-state index contributed by atoms with van der Waals surface area (Å²) in [4.78, 5) is 25.2. The summed E-state index contributed by atoms with van der Waals surface area (Å²) in [5, 5.41) is 15.6. The highest BCUT2D eigenvalue weighted by Crippen LogP contribution is 2.37. The largest absolute Gasteiger partial charge is 0.462 e. The molecular weight excluding hydrogens is 394 g/mol. The van der Waals surface area contributed by atoms with E-state index in [2.05, 4.69) is 20.8 Å². The number of nitrogens with one attached hydrogen (secondary N) is 1. The Hall–Kier alpha value is -3.55. The Balaban J connectivity index is 1.71. The average Bonchev–Trinajstić information content (AvgIpc) is 3.31. The molecule has 8 heteroatoms. The first-order valence-corrected chi connectivity index (χ1v) is 10.6. The highest BCUT2D eigenvalue weighted by atomic mass is 16.5. The van der Waals surface area contributed by atoms with Gasteiger partial charge in [0.1, 0.15) is 5.54 Å². The number of carbonyl (C=O) groups is 2. The SMILES string of the molecule is CCOC(=O)c1cccc(-n2nnnc2C2(NC(=O)c3ccccc3)CCCCC2)c1. The molecule has 4 rings (SSSR count). The highest BCUT2D eigenvalue weighted by molar-refractivity contribution is 5.94. The second-order valence-electron chi connectivity index (χ2n) is 7.65. The quantitative estimate of drug-likeness (QED) is 0.615. The van der Waals surface area contributed by atoms with Gasteiger partial charge in [-0.15, -0.1) is 5.10 Å². The van der Waals surface area contributed by atoms with Crippen molar-refractivity contribution < 1.29 is 14.3 Å². The molecule has 2 aromatic carbocycles. The van der Waals surface area contributed by atoms with Crippen molar-refractivity contribution in [2.45, 2.75) is 44.6 Å². The fraction of sp³-hybridized carbons (Fsp3) is 0.348. The van der Waals surface area contributed by atoms with Crippen molar-refractivity contribution in [1.29, 1.82) is 0 Å². The second kappa shape index (κ2) is 9.07. The zero-order valence-electron chi connectivity index (χ0n) is 17.5. The lowest BCUT2D eigenvalue weighted by Crippen LogP contribution is -2.49. The zero-order valence-corrected chi connectivity index (χ0v) is 17.5. The van der Waals surface area contributed by atoms with Gasteiger partial charge in [-0.2, -0.15) is 4.68 Å². The molecule has 0 saturated heterocycles. The molecule has 160 valence electrons. The third kappa shape index (κ3) is 4.33. The van der Waals surface area contributed by atoms with Crippen LogP contribution in [0, 0.1) is 0 Å². The number of hydrogen-bond donors (Lipinski definition) is 1. The Morgan fingerprint density at radius 1 is 1.03 bits per heavy atom. The van der Waals surface area contributed by atoms with Crippen LogP contribution in [-0.4, -0.2) is 38.7 Å². The predicted molar refractivity (Wildman–Crippen MR) is 114 cm³/mol. The average molecular weight is 419 g/mol. The van der Waals surface area contributed by atoms with Gasteiger partial charge in [0.15, 0.2) is 5.82 Å². The van der Waals surface area contributed by atoms with E-state index < -0.39 is 11.5 Å². The number of esters is 1. The number of tetrazole rings is 1. The highest BCUT2D eigenvalue weighted by Gasteiger charge is 2.40. The van der Waals surface area contributed by atoms with Gasteiger partial charge < -0.3 is 10.1 Å². The fourth-order valence-electron chi connectivity index (χ4n) is 4.08. The molecule has 1 N–H and O–H groups in total. The molecule has 0 aliphatic heterocycles. The summed E-state index contributed by atoms with van der Waals surface area (Å²) < 4.78 is 6.72. The maximum absolute atomic E-state index is 13.0. The zero-order chi connectivity index (χ0) is 21.7. The van der Waals surface area contributed by atoms with Crippen LogP contribution in [0.5, 0.6) is 0 Å². The lowest BCUT2D eigenvalue weighted by molar-refractivity contribution is 0.0526. The summed E-state index contributed by atoms with van der Waals surface area (Å²) in [5.74, 6) is 0.0125. The third-order valence-corrected chi connectivity index (χ3v) is 5.60. The van der Waals surface area contributed by atoms with Crippen molar-refractivity contribution >= 4 is 11.9 Å². The summed E-state index contributed by atoms with van der Waals surface area (Å²) >= 11 is 0. The van der Waals surface area contributed by atoms with Crippen molar-refractivity contribution in [3.63, 3.8) is 0 Å². The van der Waals surface area contributed by atoms with Gasteiger partial charge in [-0.1, -0.05) is 43.5 Å². The molecule has 3 aromatic rings. The van der Waals surface area contributed by atoms with Gasteiger partial charge in [0.25, 0.3) is 5.91 Å². The van der Waals surface area contributed by atoms with Crippen molar-refractivity contribution in [3.8, 4) is 5.69 Å². The van der Waals surface area contributed by atoms with Crippen LogP contribution >= 0.6 is 0 Å². The summed E-state index contributed by atoms with van der Waals surface area (Å²) in [7, 11) is 0. The minimum absolute atomic E-state index is 0.155. The van der Waals surface area contributed by atoms with Crippen molar-refractivity contribution in [2.24, 2.45) is 0 Å². The first kappa shape index (κ1) is 20.7. The Labute approximate surface area is 180 Å². The van der Waals surface area contributed by atoms with Crippen LogP contribution in [0.2, 0.25) is 0 Å². The van der Waals surface area contributed by atoms with Gasteiger partial charge >= 0.3 is 5.97 Å². The van der Waals surface area contributed by atoms with Crippen LogP contribution in [0.3, 0.4) is 0 Å². The minimum atomic E-state index is -0.686. The maximum atomic E-state index is 13.0. The van der Waals surface area contributed by atoms with E-state index in [-0.39, 0.29) is 5.91 Å². The maximum Gasteiger partial charge on any atom is 0.338 e. The van der Waals surface area contributed by atoms with E-state index in [1.165, 1.54) is 0 Å². The molecule has 1 heterocycles. The molecule has 1 aromatic heterocycles. The molecule has 31 heavy (non-hydrogen) atoms.